The van der Waals surface area contributed by atoms with Gasteiger partial charge < -0.3 is 15.1 Å². The zero-order valence-electron chi connectivity index (χ0n) is 24.2. The van der Waals surface area contributed by atoms with Gasteiger partial charge in [0.2, 0.25) is 0 Å². The van der Waals surface area contributed by atoms with Gasteiger partial charge in [-0.15, -0.1) is 0 Å². The van der Waals surface area contributed by atoms with Crippen LogP contribution >= 0.6 is 0 Å². The molecule has 0 spiro atoms. The van der Waals surface area contributed by atoms with Crippen LogP contribution in [0.15, 0.2) is 54.6 Å². The number of fused-ring (bicyclic) bond motifs is 1. The Morgan fingerprint density at radius 1 is 0.725 bits per heavy atom. The summed E-state index contributed by atoms with van der Waals surface area (Å²) in [5.74, 6) is 1.88. The number of hydrogen-bond acceptors (Lipinski definition) is 7. The minimum Gasteiger partial charge on any atom is -0.370 e. The Labute approximate surface area is 240 Å². The number of nitrogens with zero attached hydrogens (tertiary/aromatic N) is 6. The molecule has 40 heavy (non-hydrogen) atoms. The minimum absolute atomic E-state index is 0.850. The van der Waals surface area contributed by atoms with Gasteiger partial charge in [0, 0.05) is 76.5 Å². The Hall–Kier alpha value is -2.84. The van der Waals surface area contributed by atoms with E-state index >= 15 is 0 Å². The van der Waals surface area contributed by atoms with Crippen LogP contribution < -0.4 is 5.32 Å². The second-order valence-corrected chi connectivity index (χ2v) is 11.9. The van der Waals surface area contributed by atoms with Crippen molar-refractivity contribution in [2.24, 2.45) is 0 Å². The molecule has 3 aliphatic rings. The van der Waals surface area contributed by atoms with Gasteiger partial charge in [-0.3, -0.25) is 9.80 Å². The minimum atomic E-state index is 0.850. The van der Waals surface area contributed by atoms with Crippen molar-refractivity contribution in [2.45, 2.75) is 45.3 Å². The molecule has 1 aromatic heterocycles. The summed E-state index contributed by atoms with van der Waals surface area (Å²) < 4.78 is 0. The summed E-state index contributed by atoms with van der Waals surface area (Å²) in [6, 6.07) is 19.8. The van der Waals surface area contributed by atoms with E-state index in [1.54, 1.807) is 0 Å². The molecule has 4 heterocycles. The lowest BCUT2D eigenvalue weighted by molar-refractivity contribution is 0.148. The summed E-state index contributed by atoms with van der Waals surface area (Å²) in [5, 5.41) is 3.75. The highest BCUT2D eigenvalue weighted by Gasteiger charge is 2.23. The molecule has 0 amide bonds. The molecule has 0 saturated carbocycles. The van der Waals surface area contributed by atoms with Gasteiger partial charge in [0.05, 0.1) is 5.69 Å². The fourth-order valence-corrected chi connectivity index (χ4v) is 6.26. The summed E-state index contributed by atoms with van der Waals surface area (Å²) in [7, 11) is 2.21. The molecule has 3 aromatic rings. The number of likely N-dealkylation sites (tertiary alicyclic amines) is 1. The van der Waals surface area contributed by atoms with Crippen LogP contribution in [0.25, 0.3) is 11.4 Å². The molecule has 212 valence electrons. The third-order valence-electron chi connectivity index (χ3n) is 8.74. The average molecular weight is 540 g/mol. The Kier molecular flexibility index (Phi) is 9.03. The summed E-state index contributed by atoms with van der Waals surface area (Å²) in [4.78, 5) is 20.4. The predicted octanol–water partition coefficient (Wildman–Crippen LogP) is 4.35. The molecule has 7 heteroatoms. The van der Waals surface area contributed by atoms with Crippen LogP contribution in [0.4, 0.5) is 5.82 Å². The number of piperazine rings is 1. The third-order valence-corrected chi connectivity index (χ3v) is 8.74. The first-order valence-electron chi connectivity index (χ1n) is 15.3. The Morgan fingerprint density at radius 3 is 2.23 bits per heavy atom. The van der Waals surface area contributed by atoms with Crippen molar-refractivity contribution < 1.29 is 0 Å². The summed E-state index contributed by atoms with van der Waals surface area (Å²) in [6.45, 7) is 13.1. The topological polar surface area (TPSA) is 50.8 Å². The smallest absolute Gasteiger partial charge is 0.161 e. The zero-order valence-corrected chi connectivity index (χ0v) is 24.2. The van der Waals surface area contributed by atoms with Crippen LogP contribution in [0, 0.1) is 0 Å². The molecular weight excluding hydrogens is 494 g/mol. The van der Waals surface area contributed by atoms with Crippen LogP contribution in [-0.4, -0.2) is 95.5 Å². The molecule has 0 atom stereocenters. The monoisotopic (exact) mass is 539 g/mol. The maximum Gasteiger partial charge on any atom is 0.161 e. The highest BCUT2D eigenvalue weighted by atomic mass is 15.2. The molecular formula is C33H45N7. The van der Waals surface area contributed by atoms with Gasteiger partial charge in [-0.05, 0) is 57.1 Å². The number of rotatable bonds is 10. The van der Waals surface area contributed by atoms with E-state index in [2.05, 4.69) is 86.6 Å². The SMILES string of the molecule is CN1CCN(Cc2ccc(-c3nc4c(c(NCCCN5CCCC5)n3)CN(Cc3ccccc3)CC4)cc2)CC1. The number of likely N-dealkylation sites (N-methyl/N-ethyl adjacent to an activating group) is 1. The molecule has 0 unspecified atom stereocenters. The first-order valence-corrected chi connectivity index (χ1v) is 15.3. The number of anilines is 1. The highest BCUT2D eigenvalue weighted by Crippen LogP contribution is 2.28. The quantitative estimate of drug-likeness (QED) is 0.385. The normalized spacial score (nSPS) is 19.1. The molecule has 7 nitrogen and oxygen atoms in total. The van der Waals surface area contributed by atoms with E-state index in [-0.39, 0.29) is 0 Å². The zero-order chi connectivity index (χ0) is 27.1. The third kappa shape index (κ3) is 7.07. The van der Waals surface area contributed by atoms with Crippen molar-refractivity contribution in [3.05, 3.63) is 77.0 Å². The van der Waals surface area contributed by atoms with Crippen molar-refractivity contribution in [3.8, 4) is 11.4 Å². The molecule has 6 rings (SSSR count). The lowest BCUT2D eigenvalue weighted by Gasteiger charge is -2.32. The predicted molar refractivity (Wildman–Crippen MR) is 163 cm³/mol. The first kappa shape index (κ1) is 27.3. The Balaban J connectivity index is 1.17. The van der Waals surface area contributed by atoms with E-state index in [4.69, 9.17) is 9.97 Å². The van der Waals surface area contributed by atoms with Gasteiger partial charge in [0.25, 0.3) is 0 Å². The number of nitrogens with one attached hydrogen (secondary N) is 1. The molecule has 2 saturated heterocycles. The van der Waals surface area contributed by atoms with Crippen LogP contribution in [0.3, 0.4) is 0 Å². The van der Waals surface area contributed by atoms with Crippen molar-refractivity contribution in [1.29, 1.82) is 0 Å². The van der Waals surface area contributed by atoms with Gasteiger partial charge >= 0.3 is 0 Å². The van der Waals surface area contributed by atoms with Crippen LogP contribution in [0.1, 0.15) is 41.6 Å². The van der Waals surface area contributed by atoms with E-state index in [9.17, 15) is 0 Å². The van der Waals surface area contributed by atoms with Crippen LogP contribution in [-0.2, 0) is 26.1 Å². The average Bonchev–Trinajstić information content (AvgIpc) is 3.51. The molecule has 0 bridgehead atoms. The maximum absolute atomic E-state index is 5.14. The second kappa shape index (κ2) is 13.2. The van der Waals surface area contributed by atoms with Crippen LogP contribution in [0.2, 0.25) is 0 Å². The molecule has 1 N–H and O–H groups in total. The van der Waals surface area contributed by atoms with E-state index in [0.717, 1.165) is 89.0 Å². The fourth-order valence-electron chi connectivity index (χ4n) is 6.26. The summed E-state index contributed by atoms with van der Waals surface area (Å²) in [6.07, 6.45) is 4.80. The molecule has 2 aromatic carbocycles. The molecule has 0 radical (unpaired) electrons. The van der Waals surface area contributed by atoms with Crippen LogP contribution in [0.5, 0.6) is 0 Å². The largest absolute Gasteiger partial charge is 0.370 e. The van der Waals surface area contributed by atoms with Gasteiger partial charge in [-0.25, -0.2) is 9.97 Å². The molecule has 0 aliphatic carbocycles. The highest BCUT2D eigenvalue weighted by molar-refractivity contribution is 5.60. The number of hydrogen-bond donors (Lipinski definition) is 1. The summed E-state index contributed by atoms with van der Waals surface area (Å²) >= 11 is 0. The number of benzene rings is 2. The van der Waals surface area contributed by atoms with Crippen molar-refractivity contribution >= 4 is 5.82 Å². The Morgan fingerprint density at radius 2 is 1.45 bits per heavy atom. The van der Waals surface area contributed by atoms with Crippen molar-refractivity contribution in [2.75, 3.05) is 71.3 Å². The Bertz CT molecular complexity index is 1220. The maximum atomic E-state index is 5.14. The van der Waals surface area contributed by atoms with Gasteiger partial charge in [0.1, 0.15) is 5.82 Å². The second-order valence-electron chi connectivity index (χ2n) is 11.9. The lowest BCUT2D eigenvalue weighted by atomic mass is 10.0. The fraction of sp³-hybridized carbons (Fsp3) is 0.515. The lowest BCUT2D eigenvalue weighted by Crippen LogP contribution is -2.43. The van der Waals surface area contributed by atoms with E-state index < -0.39 is 0 Å². The van der Waals surface area contributed by atoms with E-state index in [0.29, 0.717) is 0 Å². The van der Waals surface area contributed by atoms with Gasteiger partial charge in [-0.1, -0.05) is 54.6 Å². The first-order chi connectivity index (χ1) is 19.7. The van der Waals surface area contributed by atoms with Gasteiger partial charge in [0.15, 0.2) is 5.82 Å². The standard InChI is InChI=1S/C33H45N7/c1-37-20-22-39(23-21-37)24-28-10-12-29(13-11-28)32-35-31-14-19-40(25-27-8-3-2-4-9-27)26-30(31)33(36-32)34-15-7-18-38-16-5-6-17-38/h2-4,8-13H,5-7,14-26H2,1H3,(H,34,35,36). The molecule has 3 aliphatic heterocycles. The van der Waals surface area contributed by atoms with E-state index in [1.807, 2.05) is 0 Å². The van der Waals surface area contributed by atoms with Crippen molar-refractivity contribution in [3.63, 3.8) is 0 Å². The van der Waals surface area contributed by atoms with Crippen molar-refractivity contribution in [1.82, 2.24) is 29.6 Å². The van der Waals surface area contributed by atoms with Gasteiger partial charge in [-0.2, -0.15) is 0 Å². The number of aromatic nitrogens is 2. The summed E-state index contributed by atoms with van der Waals surface area (Å²) in [5.41, 5.74) is 6.32. The molecule has 2 fully saturated rings. The van der Waals surface area contributed by atoms with E-state index in [1.165, 1.54) is 54.9 Å².